The second-order valence-electron chi connectivity index (χ2n) is 7.61. The van der Waals surface area contributed by atoms with Crippen LogP contribution in [0.1, 0.15) is 17.8 Å². The van der Waals surface area contributed by atoms with Crippen molar-refractivity contribution < 1.29 is 14.3 Å². The first-order valence-corrected chi connectivity index (χ1v) is 11.5. The van der Waals surface area contributed by atoms with Gasteiger partial charge in [0, 0.05) is 20.2 Å². The van der Waals surface area contributed by atoms with Crippen LogP contribution in [0.15, 0.2) is 18.5 Å². The first-order valence-electron chi connectivity index (χ1n) is 10.3. The summed E-state index contributed by atoms with van der Waals surface area (Å²) in [5, 5.41) is 6.93. The third-order valence-corrected chi connectivity index (χ3v) is 6.40. The molecule has 2 N–H and O–H groups in total. The first kappa shape index (κ1) is 22.5. The Labute approximate surface area is 195 Å². The second kappa shape index (κ2) is 9.85. The first-order chi connectivity index (χ1) is 15.5. The Hall–Kier alpha value is -2.69. The largest absolute Gasteiger partial charge is 0.480 e. The number of urea groups is 1. The van der Waals surface area contributed by atoms with Gasteiger partial charge in [-0.05, 0) is 31.7 Å². The zero-order valence-electron chi connectivity index (χ0n) is 18.1. The third kappa shape index (κ3) is 4.87. The summed E-state index contributed by atoms with van der Waals surface area (Å²) in [6.45, 7) is 4.37. The number of amides is 2. The lowest BCUT2D eigenvalue weighted by molar-refractivity contribution is 0.143. The molecule has 1 aliphatic rings. The van der Waals surface area contributed by atoms with Crippen LogP contribution in [0.2, 0.25) is 5.02 Å². The van der Waals surface area contributed by atoms with Crippen LogP contribution in [0.3, 0.4) is 0 Å². The molecule has 9 nitrogen and oxygen atoms in total. The molecule has 0 saturated carbocycles. The van der Waals surface area contributed by atoms with E-state index in [1.54, 1.807) is 19.4 Å². The van der Waals surface area contributed by atoms with Crippen molar-refractivity contribution in [2.24, 2.45) is 5.92 Å². The molecule has 0 aliphatic carbocycles. The van der Waals surface area contributed by atoms with Crippen LogP contribution in [-0.4, -0.2) is 54.9 Å². The number of piperidine rings is 1. The third-order valence-electron chi connectivity index (χ3n) is 5.25. The number of ether oxygens (including phenoxy) is 2. The summed E-state index contributed by atoms with van der Waals surface area (Å²) in [6, 6.07) is 1.16. The Morgan fingerprint density at radius 1 is 1.31 bits per heavy atom. The van der Waals surface area contributed by atoms with Crippen molar-refractivity contribution in [1.82, 2.24) is 15.0 Å². The van der Waals surface area contributed by atoms with Gasteiger partial charge in [0.25, 0.3) is 0 Å². The molecule has 11 heteroatoms. The molecule has 4 heterocycles. The zero-order chi connectivity index (χ0) is 22.7. The van der Waals surface area contributed by atoms with E-state index < -0.39 is 6.03 Å². The van der Waals surface area contributed by atoms with Crippen LogP contribution in [0.5, 0.6) is 5.88 Å². The summed E-state index contributed by atoms with van der Waals surface area (Å²) < 4.78 is 10.4. The number of nitrogens with zero attached hydrogens (tertiary/aromatic N) is 4. The number of fused-ring (bicyclic) bond motifs is 1. The Morgan fingerprint density at radius 2 is 2.16 bits per heavy atom. The Kier molecular flexibility index (Phi) is 6.92. The second-order valence-corrected chi connectivity index (χ2v) is 9.20. The van der Waals surface area contributed by atoms with E-state index in [9.17, 15) is 4.79 Å². The monoisotopic (exact) mass is 476 g/mol. The lowest BCUT2D eigenvalue weighted by atomic mass is 9.98. The van der Waals surface area contributed by atoms with E-state index >= 15 is 0 Å². The van der Waals surface area contributed by atoms with Crippen LogP contribution in [0.4, 0.5) is 21.9 Å². The van der Waals surface area contributed by atoms with Gasteiger partial charge >= 0.3 is 6.03 Å². The van der Waals surface area contributed by atoms with E-state index in [0.29, 0.717) is 34.8 Å². The van der Waals surface area contributed by atoms with Crippen LogP contribution < -0.4 is 20.3 Å². The predicted molar refractivity (Wildman–Crippen MR) is 127 cm³/mol. The average molecular weight is 477 g/mol. The van der Waals surface area contributed by atoms with Gasteiger partial charge in [0.05, 0.1) is 48.2 Å². The standard InChI is InChI=1S/C21H25ClN6O3S/c1-12-25-17-18(28-6-4-5-13(10-28)11-30-2)16(9-24-20(17)32-12)27-21(29)26-14-7-15(22)19(31-3)23-8-14/h7-9,13H,4-6,10-11H2,1-3H3,(H2,26,27,29). The van der Waals surface area contributed by atoms with Crippen LogP contribution in [-0.2, 0) is 4.74 Å². The number of carbonyl (C=O) groups is 1. The molecule has 3 aromatic heterocycles. The lowest BCUT2D eigenvalue weighted by Gasteiger charge is -2.35. The number of aromatic nitrogens is 3. The van der Waals surface area contributed by atoms with Gasteiger partial charge < -0.3 is 25.0 Å². The quantitative estimate of drug-likeness (QED) is 0.537. The lowest BCUT2D eigenvalue weighted by Crippen LogP contribution is -2.38. The summed E-state index contributed by atoms with van der Waals surface area (Å²) in [5.41, 5.74) is 2.75. The molecule has 1 atom stereocenters. The number of hydrogen-bond donors (Lipinski definition) is 2. The van der Waals surface area contributed by atoms with Crippen molar-refractivity contribution in [3.63, 3.8) is 0 Å². The minimum Gasteiger partial charge on any atom is -0.480 e. The van der Waals surface area contributed by atoms with E-state index in [4.69, 9.17) is 26.1 Å². The van der Waals surface area contributed by atoms with Crippen molar-refractivity contribution in [2.75, 3.05) is 49.4 Å². The van der Waals surface area contributed by atoms with Crippen LogP contribution in [0, 0.1) is 12.8 Å². The van der Waals surface area contributed by atoms with Crippen molar-refractivity contribution >= 4 is 56.4 Å². The van der Waals surface area contributed by atoms with Gasteiger partial charge in [0.15, 0.2) is 0 Å². The molecule has 1 unspecified atom stereocenters. The molecule has 4 rings (SSSR count). The maximum Gasteiger partial charge on any atom is 0.323 e. The van der Waals surface area contributed by atoms with E-state index in [1.165, 1.54) is 24.6 Å². The number of methoxy groups -OCH3 is 2. The highest BCUT2D eigenvalue weighted by Gasteiger charge is 2.26. The molecule has 0 spiro atoms. The van der Waals surface area contributed by atoms with Crippen LogP contribution >= 0.6 is 22.9 Å². The summed E-state index contributed by atoms with van der Waals surface area (Å²) in [6.07, 6.45) is 5.33. The maximum atomic E-state index is 12.8. The zero-order valence-corrected chi connectivity index (χ0v) is 19.7. The molecule has 32 heavy (non-hydrogen) atoms. The van der Waals surface area contributed by atoms with E-state index in [-0.39, 0.29) is 0 Å². The Balaban J connectivity index is 1.61. The number of carbonyl (C=O) groups excluding carboxylic acids is 1. The number of halogens is 1. The highest BCUT2D eigenvalue weighted by Crippen LogP contribution is 2.37. The number of hydrogen-bond acceptors (Lipinski definition) is 8. The average Bonchev–Trinajstić information content (AvgIpc) is 3.14. The van der Waals surface area contributed by atoms with Gasteiger partial charge in [-0.1, -0.05) is 22.9 Å². The molecule has 170 valence electrons. The minimum atomic E-state index is -0.423. The number of thiazole rings is 1. The number of aryl methyl sites for hydroxylation is 1. The van der Waals surface area contributed by atoms with Gasteiger partial charge in [0.2, 0.25) is 5.88 Å². The Bertz CT molecular complexity index is 1120. The summed E-state index contributed by atoms with van der Waals surface area (Å²) >= 11 is 7.65. The number of rotatable bonds is 6. The molecular weight excluding hydrogens is 452 g/mol. The Morgan fingerprint density at radius 3 is 2.91 bits per heavy atom. The molecule has 1 fully saturated rings. The van der Waals surface area contributed by atoms with Crippen molar-refractivity contribution in [2.45, 2.75) is 19.8 Å². The minimum absolute atomic E-state index is 0.296. The molecule has 2 amide bonds. The summed E-state index contributed by atoms with van der Waals surface area (Å²) in [5.74, 6) is 0.718. The van der Waals surface area contributed by atoms with Crippen molar-refractivity contribution in [3.8, 4) is 5.88 Å². The molecule has 0 aromatic carbocycles. The predicted octanol–water partition coefficient (Wildman–Crippen LogP) is 4.56. The van der Waals surface area contributed by atoms with Gasteiger partial charge in [-0.15, -0.1) is 0 Å². The van der Waals surface area contributed by atoms with E-state index in [0.717, 1.165) is 47.0 Å². The molecule has 0 radical (unpaired) electrons. The van der Waals surface area contributed by atoms with Crippen molar-refractivity contribution in [3.05, 3.63) is 28.5 Å². The highest BCUT2D eigenvalue weighted by molar-refractivity contribution is 7.18. The SMILES string of the molecule is COCC1CCCN(c2c(NC(=O)Nc3cnc(OC)c(Cl)c3)cnc3sc(C)nc23)C1. The molecule has 1 aliphatic heterocycles. The smallest absolute Gasteiger partial charge is 0.323 e. The normalized spacial score (nSPS) is 16.2. The van der Waals surface area contributed by atoms with Crippen molar-refractivity contribution in [1.29, 1.82) is 0 Å². The molecule has 3 aromatic rings. The fraction of sp³-hybridized carbons (Fsp3) is 0.429. The number of nitrogens with one attached hydrogen (secondary N) is 2. The van der Waals surface area contributed by atoms with E-state index in [2.05, 4.69) is 25.5 Å². The molecule has 1 saturated heterocycles. The summed E-state index contributed by atoms with van der Waals surface area (Å²) in [7, 11) is 3.21. The maximum absolute atomic E-state index is 12.8. The van der Waals surface area contributed by atoms with Gasteiger partial charge in [-0.3, -0.25) is 0 Å². The van der Waals surface area contributed by atoms with Gasteiger partial charge in [-0.25, -0.2) is 19.7 Å². The number of pyridine rings is 2. The topological polar surface area (TPSA) is 102 Å². The summed E-state index contributed by atoms with van der Waals surface area (Å²) in [4.78, 5) is 29.2. The molecule has 0 bridgehead atoms. The van der Waals surface area contributed by atoms with E-state index in [1.807, 2.05) is 6.92 Å². The molecular formula is C21H25ClN6O3S. The van der Waals surface area contributed by atoms with Gasteiger partial charge in [-0.2, -0.15) is 0 Å². The fourth-order valence-electron chi connectivity index (χ4n) is 3.95. The van der Waals surface area contributed by atoms with Gasteiger partial charge in [0.1, 0.15) is 15.4 Å². The van der Waals surface area contributed by atoms with Crippen LogP contribution in [0.25, 0.3) is 10.3 Å². The highest BCUT2D eigenvalue weighted by atomic mass is 35.5. The number of anilines is 3. The fourth-order valence-corrected chi connectivity index (χ4v) is 4.95.